The third-order valence-corrected chi connectivity index (χ3v) is 6.92. The van der Waals surface area contributed by atoms with E-state index in [0.29, 0.717) is 23.7 Å². The normalized spacial score (nSPS) is 32.1. The molecule has 5 atom stereocenters. The maximum atomic E-state index is 3.24. The molecule has 0 nitrogen and oxygen atoms in total. The van der Waals surface area contributed by atoms with Crippen molar-refractivity contribution in [1.82, 2.24) is 0 Å². The van der Waals surface area contributed by atoms with Crippen LogP contribution in [0.2, 0.25) is 0 Å². The summed E-state index contributed by atoms with van der Waals surface area (Å²) in [5.74, 6) is 2.65. The summed E-state index contributed by atoms with van der Waals surface area (Å²) in [4.78, 5) is 0. The fourth-order valence-electron chi connectivity index (χ4n) is 5.59. The third-order valence-electron chi connectivity index (χ3n) is 6.92. The lowest BCUT2D eigenvalue weighted by Gasteiger charge is -2.41. The minimum absolute atomic E-state index is 0.214. The first kappa shape index (κ1) is 27.5. The molecule has 0 fully saturated rings. The largest absolute Gasteiger partial charge is 0.0839 e. The van der Waals surface area contributed by atoms with Gasteiger partial charge in [0, 0.05) is 5.41 Å². The highest BCUT2D eigenvalue weighted by molar-refractivity contribution is 5.59. The predicted octanol–water partition coefficient (Wildman–Crippen LogP) is 9.47. The first-order chi connectivity index (χ1) is 14.1. The summed E-state index contributed by atoms with van der Waals surface area (Å²) in [6.07, 6.45) is 11.7. The second-order valence-electron chi connectivity index (χ2n) is 7.35. The number of hydrogen-bond donors (Lipinski definition) is 0. The van der Waals surface area contributed by atoms with Gasteiger partial charge in [-0.2, -0.15) is 0 Å². The molecule has 0 radical (unpaired) electrons. The molecule has 4 aliphatic rings. The standard InChI is InChI=1S/C21H24.4C2H6/c1-13-15(3)21(19-11-7-5-9-17(13)19)16(4)14(2)18-10-6-8-12-20(18)21;4*1-2/h7,10-16H,5,9H2,1-4H3;4*1-2H3. The third kappa shape index (κ3) is 4.35. The van der Waals surface area contributed by atoms with Crippen LogP contribution in [0.25, 0.3) is 0 Å². The summed E-state index contributed by atoms with van der Waals surface area (Å²) in [5.41, 5.74) is 13.1. The highest BCUT2D eigenvalue weighted by Crippen LogP contribution is 2.67. The zero-order valence-electron chi connectivity index (χ0n) is 21.5. The second kappa shape index (κ2) is 13.0. The van der Waals surface area contributed by atoms with Gasteiger partial charge in [0.2, 0.25) is 0 Å². The summed E-state index contributed by atoms with van der Waals surface area (Å²) in [7, 11) is 0. The molecule has 4 aliphatic carbocycles. The van der Waals surface area contributed by atoms with Crippen molar-refractivity contribution in [2.45, 2.75) is 95.9 Å². The smallest absolute Gasteiger partial charge is 0.0274 e. The van der Waals surface area contributed by atoms with Crippen LogP contribution in [-0.4, -0.2) is 0 Å². The van der Waals surface area contributed by atoms with Crippen molar-refractivity contribution in [2.75, 3.05) is 0 Å². The molecule has 0 heterocycles. The molecule has 0 heteroatoms. The first-order valence-electron chi connectivity index (χ1n) is 12.4. The van der Waals surface area contributed by atoms with Gasteiger partial charge in [-0.15, -0.1) is 0 Å². The zero-order chi connectivity index (χ0) is 22.8. The lowest BCUT2D eigenvalue weighted by atomic mass is 9.62. The molecule has 0 aromatic carbocycles. The van der Waals surface area contributed by atoms with Gasteiger partial charge in [0.1, 0.15) is 0 Å². The minimum atomic E-state index is 0.214. The van der Waals surface area contributed by atoms with E-state index in [4.69, 9.17) is 0 Å². The van der Waals surface area contributed by atoms with Gasteiger partial charge in [-0.25, -0.2) is 0 Å². The zero-order valence-corrected chi connectivity index (χ0v) is 21.5. The van der Waals surface area contributed by atoms with Gasteiger partial charge in [0.05, 0.1) is 0 Å². The lowest BCUT2D eigenvalue weighted by Crippen LogP contribution is -2.35. The molecule has 29 heavy (non-hydrogen) atoms. The molecule has 0 saturated heterocycles. The van der Waals surface area contributed by atoms with Crippen LogP contribution in [0.5, 0.6) is 0 Å². The molecule has 0 aliphatic heterocycles. The van der Waals surface area contributed by atoms with Crippen molar-refractivity contribution in [1.29, 1.82) is 0 Å². The van der Waals surface area contributed by atoms with Crippen molar-refractivity contribution in [2.24, 2.45) is 29.1 Å². The molecule has 4 rings (SSSR count). The Bertz CT molecular complexity index is 698. The van der Waals surface area contributed by atoms with Crippen molar-refractivity contribution in [3.63, 3.8) is 0 Å². The summed E-state index contributed by atoms with van der Waals surface area (Å²) in [5, 5.41) is 0. The molecule has 0 N–H and O–H groups in total. The lowest BCUT2D eigenvalue weighted by molar-refractivity contribution is 0.176. The van der Waals surface area contributed by atoms with E-state index in [1.54, 1.807) is 11.1 Å². The Hall–Kier alpha value is -1.48. The van der Waals surface area contributed by atoms with Crippen LogP contribution in [0.4, 0.5) is 0 Å². The number of hydrogen-bond acceptors (Lipinski definition) is 0. The van der Waals surface area contributed by atoms with Gasteiger partial charge in [-0.3, -0.25) is 0 Å². The number of fused-ring (bicyclic) bond motifs is 2. The van der Waals surface area contributed by atoms with E-state index >= 15 is 0 Å². The Balaban J connectivity index is 0.000000881. The van der Waals surface area contributed by atoms with Crippen LogP contribution in [0.15, 0.2) is 58.1 Å². The van der Waals surface area contributed by atoms with Crippen molar-refractivity contribution >= 4 is 0 Å². The van der Waals surface area contributed by atoms with Gasteiger partial charge < -0.3 is 0 Å². The molecule has 0 aromatic rings. The van der Waals surface area contributed by atoms with Gasteiger partial charge in [0.25, 0.3) is 0 Å². The molecular weight excluding hydrogens is 348 g/mol. The van der Waals surface area contributed by atoms with Crippen LogP contribution in [0, 0.1) is 29.1 Å². The molecule has 0 amide bonds. The molecular formula is C29H48. The molecule has 5 unspecified atom stereocenters. The van der Waals surface area contributed by atoms with Crippen LogP contribution in [0.3, 0.4) is 0 Å². The van der Waals surface area contributed by atoms with E-state index in [1.165, 1.54) is 24.0 Å². The molecule has 0 saturated carbocycles. The van der Waals surface area contributed by atoms with E-state index in [9.17, 15) is 0 Å². The summed E-state index contributed by atoms with van der Waals surface area (Å²) in [6, 6.07) is 0. The maximum Gasteiger partial charge on any atom is 0.0274 e. The van der Waals surface area contributed by atoms with Gasteiger partial charge in [-0.05, 0) is 65.4 Å². The van der Waals surface area contributed by atoms with Crippen LogP contribution < -0.4 is 0 Å². The Morgan fingerprint density at radius 2 is 1.24 bits per heavy atom. The van der Waals surface area contributed by atoms with Crippen molar-refractivity contribution < 1.29 is 0 Å². The Kier molecular flexibility index (Phi) is 12.3. The summed E-state index contributed by atoms with van der Waals surface area (Å²) < 4.78 is 0. The van der Waals surface area contributed by atoms with Crippen molar-refractivity contribution in [3.8, 4) is 0 Å². The monoisotopic (exact) mass is 396 g/mol. The fourth-order valence-corrected chi connectivity index (χ4v) is 5.59. The quantitative estimate of drug-likeness (QED) is 0.357. The second-order valence-corrected chi connectivity index (χ2v) is 7.35. The van der Waals surface area contributed by atoms with E-state index in [-0.39, 0.29) is 5.41 Å². The Morgan fingerprint density at radius 3 is 1.83 bits per heavy atom. The average molecular weight is 397 g/mol. The van der Waals surface area contributed by atoms with Gasteiger partial charge >= 0.3 is 0 Å². The fraction of sp³-hybridized carbons (Fsp3) is 0.655. The SMILES string of the molecule is CC.CC.CC.CC.CC1C2=C(C=C=C=C2)C2(C3=C(CCC=C3)C(C)C2C)C1C. The van der Waals surface area contributed by atoms with Crippen LogP contribution in [-0.2, 0) is 0 Å². The van der Waals surface area contributed by atoms with E-state index in [0.717, 1.165) is 0 Å². The molecule has 164 valence electrons. The number of rotatable bonds is 0. The minimum Gasteiger partial charge on any atom is -0.0839 e. The Labute approximate surface area is 183 Å². The predicted molar refractivity (Wildman–Crippen MR) is 133 cm³/mol. The average Bonchev–Trinajstić information content (AvgIpc) is 3.19. The van der Waals surface area contributed by atoms with Crippen molar-refractivity contribution in [3.05, 3.63) is 58.1 Å². The summed E-state index contributed by atoms with van der Waals surface area (Å²) in [6.45, 7) is 25.8. The topological polar surface area (TPSA) is 0 Å². The van der Waals surface area contributed by atoms with E-state index in [1.807, 2.05) is 55.4 Å². The molecule has 0 aromatic heterocycles. The highest BCUT2D eigenvalue weighted by atomic mass is 14.6. The van der Waals surface area contributed by atoms with Crippen LogP contribution in [0.1, 0.15) is 95.9 Å². The first-order valence-corrected chi connectivity index (χ1v) is 12.4. The highest BCUT2D eigenvalue weighted by Gasteiger charge is 2.59. The van der Waals surface area contributed by atoms with E-state index < -0.39 is 0 Å². The Morgan fingerprint density at radius 1 is 0.724 bits per heavy atom. The summed E-state index contributed by atoms with van der Waals surface area (Å²) >= 11 is 0. The molecule has 1 spiro atoms. The van der Waals surface area contributed by atoms with E-state index in [2.05, 4.69) is 63.5 Å². The number of allylic oxidation sites excluding steroid dienone is 8. The maximum absolute atomic E-state index is 3.24. The molecule has 0 bridgehead atoms. The van der Waals surface area contributed by atoms with Gasteiger partial charge in [0.15, 0.2) is 0 Å². The van der Waals surface area contributed by atoms with Gasteiger partial charge in [-0.1, -0.05) is 112 Å². The van der Waals surface area contributed by atoms with Crippen LogP contribution >= 0.6 is 0 Å².